The summed E-state index contributed by atoms with van der Waals surface area (Å²) in [5.41, 5.74) is 3.54. The van der Waals surface area contributed by atoms with Gasteiger partial charge < -0.3 is 18.9 Å². The van der Waals surface area contributed by atoms with Gasteiger partial charge in [-0.1, -0.05) is 54.2 Å². The lowest BCUT2D eigenvalue weighted by Crippen LogP contribution is -2.32. The minimum atomic E-state index is -0.636. The highest BCUT2D eigenvalue weighted by atomic mass is 32.2. The van der Waals surface area contributed by atoms with Gasteiger partial charge in [-0.3, -0.25) is 9.69 Å². The number of nitrogens with zero attached hydrogens (tertiary/aromatic N) is 2. The second-order valence-corrected chi connectivity index (χ2v) is 10.4. The molecule has 4 aromatic carbocycles. The first-order valence-electron chi connectivity index (χ1n) is 13.1. The molecule has 2 heterocycles. The van der Waals surface area contributed by atoms with E-state index in [-0.39, 0.29) is 11.5 Å². The molecule has 1 aliphatic heterocycles. The monoisotopic (exact) mass is 578 g/mol. The molecule has 6 rings (SSSR count). The maximum atomic E-state index is 13.6. The van der Waals surface area contributed by atoms with E-state index in [0.29, 0.717) is 39.4 Å². The minimum absolute atomic E-state index is 0.284. The van der Waals surface area contributed by atoms with E-state index < -0.39 is 12.6 Å². The fraction of sp³-hybridized carbons (Fsp3) is 0.121. The van der Waals surface area contributed by atoms with Crippen LogP contribution in [0.2, 0.25) is 0 Å². The van der Waals surface area contributed by atoms with Gasteiger partial charge in [-0.2, -0.15) is 0 Å². The number of methoxy groups -OCH3 is 3. The van der Waals surface area contributed by atoms with Crippen molar-refractivity contribution >= 4 is 45.9 Å². The number of ether oxygens (including phenoxy) is 4. The standard InChI is InChI=1S/C33H26N2O6S/c1-38-27-16-20(17-28(39-2)32(27)40-3)24-18-22(21-10-4-5-11-23(21)34-24)33(37)41-19-31(36)35-25-12-6-8-14-29(25)42-30-15-9-7-13-26(30)35/h4-18H,19H2,1-3H3. The van der Waals surface area contributed by atoms with Gasteiger partial charge in [0.05, 0.1) is 49.5 Å². The number of hydrogen-bond donors (Lipinski definition) is 0. The minimum Gasteiger partial charge on any atom is -0.493 e. The summed E-state index contributed by atoms with van der Waals surface area (Å²) in [6.45, 7) is -0.442. The van der Waals surface area contributed by atoms with Crippen molar-refractivity contribution in [2.24, 2.45) is 0 Å². The second kappa shape index (κ2) is 11.5. The van der Waals surface area contributed by atoms with Crippen molar-refractivity contribution in [1.29, 1.82) is 0 Å². The van der Waals surface area contributed by atoms with E-state index in [1.807, 2.05) is 66.7 Å². The summed E-state index contributed by atoms with van der Waals surface area (Å²) in [4.78, 5) is 35.5. The van der Waals surface area contributed by atoms with Gasteiger partial charge in [0.2, 0.25) is 5.75 Å². The zero-order valence-corrected chi connectivity index (χ0v) is 23.9. The van der Waals surface area contributed by atoms with Crippen molar-refractivity contribution < 1.29 is 28.5 Å². The number of anilines is 2. The maximum Gasteiger partial charge on any atom is 0.339 e. The molecule has 210 valence electrons. The van der Waals surface area contributed by atoms with Crippen molar-refractivity contribution in [3.63, 3.8) is 0 Å². The summed E-state index contributed by atoms with van der Waals surface area (Å²) in [7, 11) is 4.60. The van der Waals surface area contributed by atoms with Crippen molar-refractivity contribution in [3.05, 3.63) is 96.6 Å². The third-order valence-electron chi connectivity index (χ3n) is 6.90. The van der Waals surface area contributed by atoms with Crippen LogP contribution < -0.4 is 19.1 Å². The number of hydrogen-bond acceptors (Lipinski definition) is 8. The Hall–Kier alpha value is -5.02. The van der Waals surface area contributed by atoms with Crippen LogP contribution in [0.5, 0.6) is 17.2 Å². The summed E-state index contributed by atoms with van der Waals surface area (Å²) < 4.78 is 22.1. The quantitative estimate of drug-likeness (QED) is 0.193. The molecule has 8 nitrogen and oxygen atoms in total. The molecule has 0 bridgehead atoms. The van der Waals surface area contributed by atoms with Crippen LogP contribution >= 0.6 is 11.8 Å². The molecule has 0 radical (unpaired) electrons. The van der Waals surface area contributed by atoms with E-state index in [0.717, 1.165) is 21.2 Å². The average molecular weight is 579 g/mol. The van der Waals surface area contributed by atoms with Crippen molar-refractivity contribution in [1.82, 2.24) is 4.98 Å². The number of carbonyl (C=O) groups excluding carboxylic acids is 2. The molecule has 0 saturated heterocycles. The van der Waals surface area contributed by atoms with Crippen LogP contribution in [0, 0.1) is 0 Å². The lowest BCUT2D eigenvalue weighted by molar-refractivity contribution is -0.121. The molecule has 0 saturated carbocycles. The number of pyridine rings is 1. The van der Waals surface area contributed by atoms with Crippen molar-refractivity contribution in [3.8, 4) is 28.5 Å². The zero-order valence-electron chi connectivity index (χ0n) is 23.1. The Kier molecular flexibility index (Phi) is 7.41. The van der Waals surface area contributed by atoms with E-state index in [9.17, 15) is 9.59 Å². The second-order valence-electron chi connectivity index (χ2n) is 9.33. The molecule has 1 aromatic heterocycles. The van der Waals surface area contributed by atoms with Crippen LogP contribution in [0.3, 0.4) is 0 Å². The van der Waals surface area contributed by atoms with Gasteiger partial charge >= 0.3 is 5.97 Å². The van der Waals surface area contributed by atoms with Crippen LogP contribution in [-0.2, 0) is 9.53 Å². The van der Waals surface area contributed by atoms with E-state index >= 15 is 0 Å². The van der Waals surface area contributed by atoms with E-state index in [2.05, 4.69) is 0 Å². The highest BCUT2D eigenvalue weighted by molar-refractivity contribution is 7.99. The van der Waals surface area contributed by atoms with Crippen molar-refractivity contribution in [2.75, 3.05) is 32.8 Å². The molecule has 5 aromatic rings. The van der Waals surface area contributed by atoms with Gasteiger partial charge in [-0.05, 0) is 48.5 Å². The molecule has 1 aliphatic rings. The molecule has 0 fully saturated rings. The summed E-state index contributed by atoms with van der Waals surface area (Å²) in [5, 5.41) is 0.608. The molecule has 1 amide bonds. The summed E-state index contributed by atoms with van der Waals surface area (Å²) in [6, 6.07) is 27.8. The molecule has 0 N–H and O–H groups in total. The Morgan fingerprint density at radius 2 is 1.36 bits per heavy atom. The molecule has 0 atom stereocenters. The molecule has 0 unspecified atom stereocenters. The summed E-state index contributed by atoms with van der Waals surface area (Å²) in [5.74, 6) is 0.367. The third kappa shape index (κ3) is 4.88. The molecule has 9 heteroatoms. The Balaban J connectivity index is 1.33. The molecular weight excluding hydrogens is 552 g/mol. The molecule has 0 spiro atoms. The first kappa shape index (κ1) is 27.2. The molecule has 0 aliphatic carbocycles. The van der Waals surface area contributed by atoms with Crippen LogP contribution in [0.1, 0.15) is 10.4 Å². The highest BCUT2D eigenvalue weighted by Gasteiger charge is 2.29. The largest absolute Gasteiger partial charge is 0.493 e. The SMILES string of the molecule is COc1cc(-c2cc(C(=O)OCC(=O)N3c4ccccc4Sc4ccccc43)c3ccccc3n2)cc(OC)c1OC. The smallest absolute Gasteiger partial charge is 0.339 e. The predicted molar refractivity (Wildman–Crippen MR) is 161 cm³/mol. The van der Waals surface area contributed by atoms with Gasteiger partial charge in [0.1, 0.15) is 0 Å². The predicted octanol–water partition coefficient (Wildman–Crippen LogP) is 6.91. The number of fused-ring (bicyclic) bond motifs is 3. The van der Waals surface area contributed by atoms with Crippen molar-refractivity contribution in [2.45, 2.75) is 9.79 Å². The van der Waals surface area contributed by atoms with Crippen LogP contribution in [0.25, 0.3) is 22.2 Å². The average Bonchev–Trinajstić information content (AvgIpc) is 3.04. The number of aromatic nitrogens is 1. The Labute approximate surface area is 246 Å². The van der Waals surface area contributed by atoms with Crippen LogP contribution in [0.4, 0.5) is 11.4 Å². The van der Waals surface area contributed by atoms with Gasteiger partial charge in [0.15, 0.2) is 18.1 Å². The Morgan fingerprint density at radius 3 is 1.98 bits per heavy atom. The van der Waals surface area contributed by atoms with Gasteiger partial charge in [0.25, 0.3) is 5.91 Å². The van der Waals surface area contributed by atoms with Crippen LogP contribution in [0.15, 0.2) is 101 Å². The third-order valence-corrected chi connectivity index (χ3v) is 8.04. The molecular formula is C33H26N2O6S. The Bertz CT molecular complexity index is 1770. The number of amides is 1. The fourth-order valence-electron chi connectivity index (χ4n) is 4.96. The summed E-state index contributed by atoms with van der Waals surface area (Å²) in [6.07, 6.45) is 0. The number of esters is 1. The van der Waals surface area contributed by atoms with Crippen LogP contribution in [-0.4, -0.2) is 44.8 Å². The first-order valence-corrected chi connectivity index (χ1v) is 13.9. The highest BCUT2D eigenvalue weighted by Crippen LogP contribution is 2.48. The van der Waals surface area contributed by atoms with Gasteiger partial charge in [-0.15, -0.1) is 0 Å². The number of para-hydroxylation sites is 3. The fourth-order valence-corrected chi connectivity index (χ4v) is 6.02. The van der Waals surface area contributed by atoms with E-state index in [1.165, 1.54) is 21.3 Å². The normalized spacial score (nSPS) is 11.8. The summed E-state index contributed by atoms with van der Waals surface area (Å²) >= 11 is 1.60. The van der Waals surface area contributed by atoms with Gasteiger partial charge in [-0.25, -0.2) is 9.78 Å². The topological polar surface area (TPSA) is 87.2 Å². The first-order chi connectivity index (χ1) is 20.5. The van der Waals surface area contributed by atoms with E-state index in [4.69, 9.17) is 23.9 Å². The maximum absolute atomic E-state index is 13.6. The number of benzene rings is 4. The molecule has 42 heavy (non-hydrogen) atoms. The number of rotatable bonds is 7. The van der Waals surface area contributed by atoms with E-state index in [1.54, 1.807) is 40.9 Å². The lowest BCUT2D eigenvalue weighted by atomic mass is 10.0. The Morgan fingerprint density at radius 1 is 0.762 bits per heavy atom. The lowest BCUT2D eigenvalue weighted by Gasteiger charge is -2.30. The van der Waals surface area contributed by atoms with Gasteiger partial charge in [0, 0.05) is 20.7 Å². The number of carbonyl (C=O) groups is 2. The zero-order chi connectivity index (χ0) is 29.2.